The molecule has 0 unspecified atom stereocenters. The lowest BCUT2D eigenvalue weighted by atomic mass is 9.87. The Morgan fingerprint density at radius 3 is 0.336 bits per heavy atom. The fourth-order valence-electron chi connectivity index (χ4n) is 15.4. The lowest BCUT2D eigenvalue weighted by molar-refractivity contribution is 0.103. The number of benzene rings is 18. The van der Waals surface area contributed by atoms with Gasteiger partial charge in [-0.25, -0.2) is 0 Å². The SMILES string of the molecule is O=C(c1cc(-c2cccc(-c3cc(-c4ccccc4)cc(-c4ccccc4)c3)c2)cc(-c2cccc(-c3cc(-c4ccccc4)cc(-c4ccccc4)c3)c2)c1)c1cc(-c2cccc(-c3cc(-c4ccccc4)cc(-c4ccccc4)c3)c2)cc(-c2cccc(-c3cc(-c4ccccc4)cc(-c4ccccc4)c3)c2)c1. The van der Waals surface area contributed by atoms with Gasteiger partial charge in [-0.15, -0.1) is 0 Å². The average Bonchev–Trinajstić information content (AvgIpc) is 0.774. The van der Waals surface area contributed by atoms with Gasteiger partial charge in [0.1, 0.15) is 0 Å². The Balaban J connectivity index is 0.813. The van der Waals surface area contributed by atoms with Crippen molar-refractivity contribution < 1.29 is 4.79 Å². The summed E-state index contributed by atoms with van der Waals surface area (Å²) in [6.45, 7) is 0. The number of carbonyl (C=O) groups excluding carboxylic acids is 1. The van der Waals surface area contributed by atoms with Gasteiger partial charge in [0.15, 0.2) is 5.78 Å². The molecule has 1 heteroatoms. The topological polar surface area (TPSA) is 17.1 Å². The molecule has 0 aromatic heterocycles. The standard InChI is InChI=1S/C109H74O/c110-109(107-71-103(87-49-25-45-83(53-87)99-61-91(75-29-9-1-10-30-75)57-92(62-99)76-31-11-2-12-32-76)69-104(72-107)88-50-26-46-84(54-88)100-63-93(77-33-13-3-14-34-77)58-94(64-100)78-35-15-4-16-36-78)108-73-105(89-51-27-47-85(55-89)101-65-95(79-37-17-5-18-38-79)59-96(66-101)80-39-19-6-20-40-80)70-106(74-108)90-52-28-48-86(56-90)102-67-97(81-41-21-7-22-42-81)60-98(68-102)82-43-23-8-24-44-82/h1-74H. The van der Waals surface area contributed by atoms with Gasteiger partial charge < -0.3 is 0 Å². The Labute approximate surface area is 644 Å². The van der Waals surface area contributed by atoms with Crippen molar-refractivity contribution in [1.82, 2.24) is 0 Å². The molecule has 18 aromatic carbocycles. The fourth-order valence-corrected chi connectivity index (χ4v) is 15.4. The van der Waals surface area contributed by atoms with Crippen LogP contribution in [0.2, 0.25) is 0 Å². The molecule has 18 rings (SSSR count). The van der Waals surface area contributed by atoms with Gasteiger partial charge in [-0.1, -0.05) is 315 Å². The summed E-state index contributed by atoms with van der Waals surface area (Å²) in [6, 6.07) is 161. The molecule has 18 aromatic rings. The van der Waals surface area contributed by atoms with Crippen LogP contribution in [-0.2, 0) is 0 Å². The Kier molecular flexibility index (Phi) is 18.8. The van der Waals surface area contributed by atoms with Crippen molar-refractivity contribution in [2.45, 2.75) is 0 Å². The molecule has 0 bridgehead atoms. The van der Waals surface area contributed by atoms with Crippen LogP contribution in [0.25, 0.3) is 178 Å². The van der Waals surface area contributed by atoms with Crippen LogP contribution in [-0.4, -0.2) is 5.78 Å². The molecule has 0 saturated carbocycles. The van der Waals surface area contributed by atoms with Gasteiger partial charge in [-0.05, 0) is 311 Å². The molecule has 110 heavy (non-hydrogen) atoms. The third kappa shape index (κ3) is 14.7. The maximum atomic E-state index is 16.7. The minimum absolute atomic E-state index is 0.0897. The van der Waals surface area contributed by atoms with E-state index in [1.165, 1.54) is 0 Å². The number of hydrogen-bond donors (Lipinski definition) is 0. The van der Waals surface area contributed by atoms with Gasteiger partial charge in [0, 0.05) is 11.1 Å². The van der Waals surface area contributed by atoms with E-state index >= 15 is 4.79 Å². The fraction of sp³-hybridized carbons (Fsp3) is 0. The van der Waals surface area contributed by atoms with E-state index in [2.05, 4.69) is 449 Å². The zero-order valence-electron chi connectivity index (χ0n) is 60.6. The van der Waals surface area contributed by atoms with Gasteiger partial charge in [-0.2, -0.15) is 0 Å². The van der Waals surface area contributed by atoms with Gasteiger partial charge in [0.2, 0.25) is 0 Å². The molecule has 0 saturated heterocycles. The molecule has 0 aliphatic rings. The van der Waals surface area contributed by atoms with E-state index in [1.807, 2.05) is 0 Å². The minimum Gasteiger partial charge on any atom is -0.289 e. The summed E-state index contributed by atoms with van der Waals surface area (Å²) in [4.78, 5) is 16.7. The van der Waals surface area contributed by atoms with E-state index in [0.29, 0.717) is 11.1 Å². The highest BCUT2D eigenvalue weighted by molar-refractivity contribution is 6.12. The zero-order valence-corrected chi connectivity index (χ0v) is 60.6. The predicted octanol–water partition coefficient (Wildman–Crippen LogP) is 29.6. The van der Waals surface area contributed by atoms with Gasteiger partial charge in [-0.3, -0.25) is 4.79 Å². The molecule has 1 nitrogen and oxygen atoms in total. The third-order valence-electron chi connectivity index (χ3n) is 21.1. The summed E-state index contributed by atoms with van der Waals surface area (Å²) >= 11 is 0. The van der Waals surface area contributed by atoms with Gasteiger partial charge in [0.25, 0.3) is 0 Å². The summed E-state index contributed by atoms with van der Waals surface area (Å²) in [5.41, 5.74) is 35.7. The van der Waals surface area contributed by atoms with E-state index in [4.69, 9.17) is 0 Å². The summed E-state index contributed by atoms with van der Waals surface area (Å²) in [5.74, 6) is -0.0897. The molecule has 0 fully saturated rings. The molecular formula is C109H74O. The van der Waals surface area contributed by atoms with Crippen molar-refractivity contribution in [3.05, 3.63) is 460 Å². The molecule has 516 valence electrons. The maximum absolute atomic E-state index is 16.7. The number of carbonyl (C=O) groups is 1. The van der Waals surface area contributed by atoms with Crippen molar-refractivity contribution in [3.8, 4) is 178 Å². The van der Waals surface area contributed by atoms with E-state index in [1.54, 1.807) is 0 Å². The molecule has 0 spiro atoms. The van der Waals surface area contributed by atoms with E-state index in [0.717, 1.165) is 178 Å². The first-order valence-corrected chi connectivity index (χ1v) is 37.7. The van der Waals surface area contributed by atoms with Crippen LogP contribution in [0.5, 0.6) is 0 Å². The van der Waals surface area contributed by atoms with Crippen LogP contribution < -0.4 is 0 Å². The summed E-state index contributed by atoms with van der Waals surface area (Å²) in [5, 5.41) is 0. The molecular weight excluding hydrogens is 1330 g/mol. The number of rotatable bonds is 18. The highest BCUT2D eigenvalue weighted by Crippen LogP contribution is 2.43. The van der Waals surface area contributed by atoms with Gasteiger partial charge in [0.05, 0.1) is 0 Å². The highest BCUT2D eigenvalue weighted by Gasteiger charge is 2.21. The average molecular weight is 1400 g/mol. The van der Waals surface area contributed by atoms with Crippen LogP contribution in [0, 0.1) is 0 Å². The van der Waals surface area contributed by atoms with Gasteiger partial charge >= 0.3 is 0 Å². The number of ketones is 1. The summed E-state index contributed by atoms with van der Waals surface area (Å²) in [7, 11) is 0. The second-order valence-electron chi connectivity index (χ2n) is 28.4. The molecule has 0 atom stereocenters. The highest BCUT2D eigenvalue weighted by atomic mass is 16.1. The predicted molar refractivity (Wildman–Crippen MR) is 463 cm³/mol. The van der Waals surface area contributed by atoms with Crippen LogP contribution in [0.15, 0.2) is 449 Å². The van der Waals surface area contributed by atoms with E-state index < -0.39 is 0 Å². The Hall–Kier alpha value is -14.4. The van der Waals surface area contributed by atoms with Crippen LogP contribution in [0.3, 0.4) is 0 Å². The number of hydrogen-bond acceptors (Lipinski definition) is 1. The Morgan fingerprint density at radius 1 is 0.100 bits per heavy atom. The smallest absolute Gasteiger partial charge is 0.193 e. The first kappa shape index (κ1) is 67.5. The summed E-state index contributed by atoms with van der Waals surface area (Å²) < 4.78 is 0. The van der Waals surface area contributed by atoms with E-state index in [-0.39, 0.29) is 5.78 Å². The lowest BCUT2D eigenvalue weighted by Gasteiger charge is -2.16. The monoisotopic (exact) mass is 1400 g/mol. The third-order valence-corrected chi connectivity index (χ3v) is 21.1. The second kappa shape index (κ2) is 30.6. The van der Waals surface area contributed by atoms with E-state index in [9.17, 15) is 0 Å². The molecule has 0 N–H and O–H groups in total. The van der Waals surface area contributed by atoms with Crippen LogP contribution in [0.1, 0.15) is 15.9 Å². The first-order valence-electron chi connectivity index (χ1n) is 37.7. The van der Waals surface area contributed by atoms with Crippen molar-refractivity contribution in [2.24, 2.45) is 0 Å². The van der Waals surface area contributed by atoms with Crippen LogP contribution in [0.4, 0.5) is 0 Å². The molecule has 0 amide bonds. The molecule has 0 radical (unpaired) electrons. The zero-order chi connectivity index (χ0) is 73.5. The first-order chi connectivity index (χ1) is 54.3. The Morgan fingerprint density at radius 2 is 0.200 bits per heavy atom. The maximum Gasteiger partial charge on any atom is 0.193 e. The van der Waals surface area contributed by atoms with Crippen LogP contribution >= 0.6 is 0 Å². The van der Waals surface area contributed by atoms with Crippen molar-refractivity contribution in [3.63, 3.8) is 0 Å². The van der Waals surface area contributed by atoms with Crippen molar-refractivity contribution in [2.75, 3.05) is 0 Å². The molecule has 0 aliphatic heterocycles. The largest absolute Gasteiger partial charge is 0.289 e. The van der Waals surface area contributed by atoms with Crippen molar-refractivity contribution >= 4 is 5.78 Å². The lowest BCUT2D eigenvalue weighted by Crippen LogP contribution is -2.03. The molecule has 0 aliphatic carbocycles. The molecule has 0 heterocycles. The van der Waals surface area contributed by atoms with Crippen molar-refractivity contribution in [1.29, 1.82) is 0 Å². The Bertz CT molecular complexity index is 5350. The minimum atomic E-state index is -0.0897. The second-order valence-corrected chi connectivity index (χ2v) is 28.4. The summed E-state index contributed by atoms with van der Waals surface area (Å²) in [6.07, 6.45) is 0. The normalized spacial score (nSPS) is 11.1. The quantitative estimate of drug-likeness (QED) is 0.0783.